The fourth-order valence-electron chi connectivity index (χ4n) is 2.21. The van der Waals surface area contributed by atoms with Crippen LogP contribution in [-0.4, -0.2) is 48.0 Å². The average molecular weight is 327 g/mol. The van der Waals surface area contributed by atoms with Gasteiger partial charge in [-0.05, 0) is 58.1 Å². The molecule has 0 saturated carbocycles. The van der Waals surface area contributed by atoms with Gasteiger partial charge < -0.3 is 15.5 Å². The molecular weight excluding hydrogens is 302 g/mol. The lowest BCUT2D eigenvalue weighted by Gasteiger charge is -2.12. The zero-order chi connectivity index (χ0) is 17.7. The summed E-state index contributed by atoms with van der Waals surface area (Å²) in [7, 11) is 4.00. The highest BCUT2D eigenvalue weighted by atomic mass is 16.1. The van der Waals surface area contributed by atoms with Crippen molar-refractivity contribution >= 4 is 17.5 Å². The van der Waals surface area contributed by atoms with Crippen molar-refractivity contribution in [3.05, 3.63) is 46.8 Å². The van der Waals surface area contributed by atoms with Gasteiger partial charge >= 0.3 is 0 Å². The van der Waals surface area contributed by atoms with E-state index in [4.69, 9.17) is 0 Å². The van der Waals surface area contributed by atoms with Crippen LogP contribution in [0.2, 0.25) is 0 Å². The third-order valence-corrected chi connectivity index (χ3v) is 3.57. The summed E-state index contributed by atoms with van der Waals surface area (Å²) in [5, 5.41) is 6.08. The third kappa shape index (κ3) is 5.03. The highest BCUT2D eigenvalue weighted by Gasteiger charge is 2.12. The second-order valence-electron chi connectivity index (χ2n) is 6.22. The lowest BCUT2D eigenvalue weighted by molar-refractivity contribution is 0.102. The number of nitrogens with zero attached hydrogens (tertiary/aromatic N) is 3. The molecule has 0 aliphatic heterocycles. The van der Waals surface area contributed by atoms with E-state index in [0.717, 1.165) is 29.1 Å². The van der Waals surface area contributed by atoms with Crippen molar-refractivity contribution in [3.63, 3.8) is 0 Å². The molecule has 6 heteroatoms. The fraction of sp³-hybridized carbons (Fsp3) is 0.389. The van der Waals surface area contributed by atoms with Crippen molar-refractivity contribution < 1.29 is 4.79 Å². The van der Waals surface area contributed by atoms with Crippen LogP contribution in [0.5, 0.6) is 0 Å². The number of rotatable bonds is 6. The Morgan fingerprint density at radius 2 is 1.88 bits per heavy atom. The van der Waals surface area contributed by atoms with Crippen molar-refractivity contribution in [3.8, 4) is 0 Å². The van der Waals surface area contributed by atoms with Gasteiger partial charge in [0.1, 0.15) is 5.69 Å². The van der Waals surface area contributed by atoms with Gasteiger partial charge in [-0.25, -0.2) is 9.97 Å². The molecule has 0 spiro atoms. The standard InChI is InChI=1S/C18H25N5O/c1-12-6-7-13(2)15(10-12)21-17(24)16-11-14(3)20-18(22-16)19-8-9-23(4)5/h6-7,10-11H,8-9H2,1-5H3,(H,21,24)(H,19,20,22). The highest BCUT2D eigenvalue weighted by Crippen LogP contribution is 2.17. The summed E-state index contributed by atoms with van der Waals surface area (Å²) < 4.78 is 0. The summed E-state index contributed by atoms with van der Waals surface area (Å²) in [6.07, 6.45) is 0. The van der Waals surface area contributed by atoms with E-state index in [1.807, 2.05) is 53.1 Å². The maximum atomic E-state index is 12.5. The van der Waals surface area contributed by atoms with Crippen molar-refractivity contribution in [1.29, 1.82) is 0 Å². The second-order valence-corrected chi connectivity index (χ2v) is 6.22. The quantitative estimate of drug-likeness (QED) is 0.853. The number of anilines is 2. The first kappa shape index (κ1) is 17.9. The van der Waals surface area contributed by atoms with Crippen LogP contribution in [0.25, 0.3) is 0 Å². The van der Waals surface area contributed by atoms with Gasteiger partial charge in [0.05, 0.1) is 0 Å². The molecule has 6 nitrogen and oxygen atoms in total. The molecule has 0 aliphatic carbocycles. The molecule has 1 amide bonds. The minimum atomic E-state index is -0.232. The van der Waals surface area contributed by atoms with Crippen LogP contribution in [0.3, 0.4) is 0 Å². The number of carbonyl (C=O) groups excluding carboxylic acids is 1. The Hall–Kier alpha value is -2.47. The van der Waals surface area contributed by atoms with E-state index in [0.29, 0.717) is 18.2 Å². The summed E-state index contributed by atoms with van der Waals surface area (Å²) in [5.74, 6) is 0.243. The van der Waals surface area contributed by atoms with E-state index in [2.05, 4.69) is 25.5 Å². The maximum Gasteiger partial charge on any atom is 0.274 e. The zero-order valence-electron chi connectivity index (χ0n) is 15.0. The number of likely N-dealkylation sites (N-methyl/N-ethyl adjacent to an activating group) is 1. The van der Waals surface area contributed by atoms with Gasteiger partial charge in [0, 0.05) is 24.5 Å². The minimum absolute atomic E-state index is 0.232. The molecule has 2 N–H and O–H groups in total. The van der Waals surface area contributed by atoms with Crippen molar-refractivity contribution in [2.24, 2.45) is 0 Å². The molecule has 1 aromatic heterocycles. The van der Waals surface area contributed by atoms with E-state index in [9.17, 15) is 4.79 Å². The van der Waals surface area contributed by atoms with E-state index >= 15 is 0 Å². The first-order chi connectivity index (χ1) is 11.3. The Kier molecular flexibility index (Phi) is 5.87. The van der Waals surface area contributed by atoms with Gasteiger partial charge in [-0.1, -0.05) is 12.1 Å². The first-order valence-electron chi connectivity index (χ1n) is 7.98. The van der Waals surface area contributed by atoms with Gasteiger partial charge in [-0.3, -0.25) is 4.79 Å². The van der Waals surface area contributed by atoms with E-state index in [-0.39, 0.29) is 5.91 Å². The summed E-state index contributed by atoms with van der Waals surface area (Å²) in [6, 6.07) is 7.66. The molecule has 1 heterocycles. The number of hydrogen-bond donors (Lipinski definition) is 2. The minimum Gasteiger partial charge on any atom is -0.353 e. The Morgan fingerprint density at radius 3 is 2.58 bits per heavy atom. The van der Waals surface area contributed by atoms with Crippen LogP contribution in [0.15, 0.2) is 24.3 Å². The van der Waals surface area contributed by atoms with Crippen molar-refractivity contribution in [2.45, 2.75) is 20.8 Å². The fourth-order valence-corrected chi connectivity index (χ4v) is 2.21. The average Bonchev–Trinajstić information content (AvgIpc) is 2.50. The molecule has 0 radical (unpaired) electrons. The van der Waals surface area contributed by atoms with Crippen molar-refractivity contribution in [2.75, 3.05) is 37.8 Å². The number of aromatic nitrogens is 2. The molecule has 0 fully saturated rings. The summed E-state index contributed by atoms with van der Waals surface area (Å²) in [5.41, 5.74) is 4.03. The molecule has 2 aromatic rings. The largest absolute Gasteiger partial charge is 0.353 e. The van der Waals surface area contributed by atoms with Gasteiger partial charge in [0.15, 0.2) is 0 Å². The maximum absolute atomic E-state index is 12.5. The van der Waals surface area contributed by atoms with Crippen LogP contribution >= 0.6 is 0 Å². The number of nitrogens with one attached hydrogen (secondary N) is 2. The zero-order valence-corrected chi connectivity index (χ0v) is 15.0. The molecule has 0 saturated heterocycles. The van der Waals surface area contributed by atoms with Gasteiger partial charge in [-0.15, -0.1) is 0 Å². The molecule has 0 bridgehead atoms. The molecule has 0 unspecified atom stereocenters. The van der Waals surface area contributed by atoms with Gasteiger partial charge in [0.25, 0.3) is 5.91 Å². The van der Waals surface area contributed by atoms with Crippen LogP contribution in [-0.2, 0) is 0 Å². The van der Waals surface area contributed by atoms with Crippen LogP contribution in [0.4, 0.5) is 11.6 Å². The molecule has 2 rings (SSSR count). The predicted octanol–water partition coefficient (Wildman–Crippen LogP) is 2.63. The van der Waals surface area contributed by atoms with Crippen molar-refractivity contribution in [1.82, 2.24) is 14.9 Å². The Morgan fingerprint density at radius 1 is 1.12 bits per heavy atom. The Bertz CT molecular complexity index is 727. The highest BCUT2D eigenvalue weighted by molar-refractivity contribution is 6.03. The Labute approximate surface area is 143 Å². The number of benzene rings is 1. The van der Waals surface area contributed by atoms with E-state index in [1.54, 1.807) is 6.07 Å². The summed E-state index contributed by atoms with van der Waals surface area (Å²) in [6.45, 7) is 7.40. The number of amides is 1. The SMILES string of the molecule is Cc1ccc(C)c(NC(=O)c2cc(C)nc(NCCN(C)C)n2)c1. The molecule has 0 atom stereocenters. The van der Waals surface area contributed by atoms with Gasteiger partial charge in [-0.2, -0.15) is 0 Å². The molecule has 0 aliphatic rings. The number of hydrogen-bond acceptors (Lipinski definition) is 5. The normalized spacial score (nSPS) is 10.8. The number of carbonyl (C=O) groups is 1. The molecule has 128 valence electrons. The Balaban J connectivity index is 2.14. The second kappa shape index (κ2) is 7.88. The van der Waals surface area contributed by atoms with Crippen LogP contribution in [0.1, 0.15) is 27.3 Å². The van der Waals surface area contributed by atoms with Crippen LogP contribution < -0.4 is 10.6 Å². The van der Waals surface area contributed by atoms with Crippen LogP contribution in [0, 0.1) is 20.8 Å². The lowest BCUT2D eigenvalue weighted by Crippen LogP contribution is -2.22. The van der Waals surface area contributed by atoms with E-state index < -0.39 is 0 Å². The lowest BCUT2D eigenvalue weighted by atomic mass is 10.1. The third-order valence-electron chi connectivity index (χ3n) is 3.57. The first-order valence-corrected chi connectivity index (χ1v) is 7.98. The molecule has 24 heavy (non-hydrogen) atoms. The smallest absolute Gasteiger partial charge is 0.274 e. The van der Waals surface area contributed by atoms with Gasteiger partial charge in [0.2, 0.25) is 5.95 Å². The topological polar surface area (TPSA) is 70.2 Å². The monoisotopic (exact) mass is 327 g/mol. The number of aryl methyl sites for hydroxylation is 3. The summed E-state index contributed by atoms with van der Waals surface area (Å²) in [4.78, 5) is 23.2. The predicted molar refractivity (Wildman–Crippen MR) is 97.7 cm³/mol. The van der Waals surface area contributed by atoms with E-state index in [1.165, 1.54) is 0 Å². The molecular formula is C18H25N5O. The summed E-state index contributed by atoms with van der Waals surface area (Å²) >= 11 is 0. The molecule has 1 aromatic carbocycles.